The van der Waals surface area contributed by atoms with E-state index in [9.17, 15) is 14.3 Å². The van der Waals surface area contributed by atoms with Crippen molar-refractivity contribution in [3.63, 3.8) is 0 Å². The van der Waals surface area contributed by atoms with Gasteiger partial charge in [0.25, 0.3) is 0 Å². The van der Waals surface area contributed by atoms with E-state index in [1.165, 1.54) is 109 Å². The molecule has 1 fully saturated rings. The second kappa shape index (κ2) is 35.9. The van der Waals surface area contributed by atoms with Crippen molar-refractivity contribution in [2.24, 2.45) is 5.73 Å². The van der Waals surface area contributed by atoms with Gasteiger partial charge in [0.15, 0.2) is 6.10 Å². The molecule has 0 aromatic rings. The van der Waals surface area contributed by atoms with Gasteiger partial charge in [0, 0.05) is 13.0 Å². The van der Waals surface area contributed by atoms with Crippen LogP contribution in [-0.4, -0.2) is 55.5 Å². The predicted octanol–water partition coefficient (Wildman–Crippen LogP) is 11.7. The summed E-state index contributed by atoms with van der Waals surface area (Å²) >= 11 is 0. The number of carbonyl (C=O) groups is 1. The van der Waals surface area contributed by atoms with Crippen LogP contribution in [0, 0.1) is 0 Å². The Balaban J connectivity index is 2.20. The molecule has 0 spiro atoms. The Labute approximate surface area is 324 Å². The van der Waals surface area contributed by atoms with Crippen LogP contribution in [0.5, 0.6) is 0 Å². The predicted molar refractivity (Wildman–Crippen MR) is 219 cm³/mol. The van der Waals surface area contributed by atoms with Crippen molar-refractivity contribution in [3.8, 4) is 0 Å². The first-order chi connectivity index (χ1) is 25.9. The van der Waals surface area contributed by atoms with Crippen LogP contribution in [0.15, 0.2) is 48.8 Å². The number of nitrogens with two attached hydrogens (primary N) is 1. The Morgan fingerprint density at radius 1 is 0.679 bits per heavy atom. The number of allylic oxidation sites excluding steroid dienone is 5. The Morgan fingerprint density at radius 3 is 1.83 bits per heavy atom. The van der Waals surface area contributed by atoms with E-state index in [4.69, 9.17) is 29.0 Å². The number of hydrogen-bond acceptors (Lipinski definition) is 8. The lowest BCUT2D eigenvalue weighted by Crippen LogP contribution is -2.27. The zero-order chi connectivity index (χ0) is 38.5. The minimum atomic E-state index is -4.31. The van der Waals surface area contributed by atoms with Crippen molar-refractivity contribution < 1.29 is 37.5 Å². The zero-order valence-corrected chi connectivity index (χ0v) is 34.6. The van der Waals surface area contributed by atoms with Crippen molar-refractivity contribution in [1.82, 2.24) is 0 Å². The highest BCUT2D eigenvalue weighted by Crippen LogP contribution is 2.43. The molecular formula is C43H78NO8P. The van der Waals surface area contributed by atoms with Gasteiger partial charge in [-0.1, -0.05) is 147 Å². The summed E-state index contributed by atoms with van der Waals surface area (Å²) in [5, 5.41) is 0. The molecule has 10 heteroatoms. The largest absolute Gasteiger partial charge is 0.498 e. The van der Waals surface area contributed by atoms with Crippen LogP contribution in [0.25, 0.3) is 0 Å². The highest BCUT2D eigenvalue weighted by molar-refractivity contribution is 7.47. The molecule has 0 bridgehead atoms. The van der Waals surface area contributed by atoms with Crippen molar-refractivity contribution in [2.45, 2.75) is 193 Å². The molecule has 0 radical (unpaired) electrons. The number of phosphoric acid groups is 1. The van der Waals surface area contributed by atoms with Gasteiger partial charge in [-0.25, -0.2) is 4.57 Å². The molecule has 1 aliphatic heterocycles. The van der Waals surface area contributed by atoms with Gasteiger partial charge >= 0.3 is 13.8 Å². The molecule has 1 heterocycles. The van der Waals surface area contributed by atoms with Crippen molar-refractivity contribution in [1.29, 1.82) is 0 Å². The van der Waals surface area contributed by atoms with Gasteiger partial charge in [-0.15, -0.1) is 0 Å². The summed E-state index contributed by atoms with van der Waals surface area (Å²) in [6.45, 7) is 4.14. The van der Waals surface area contributed by atoms with Crippen molar-refractivity contribution in [2.75, 3.05) is 26.4 Å². The molecular weight excluding hydrogens is 689 g/mol. The monoisotopic (exact) mass is 768 g/mol. The third-order valence-corrected chi connectivity index (χ3v) is 10.2. The summed E-state index contributed by atoms with van der Waals surface area (Å²) in [5.74, 6) is -0.410. The van der Waals surface area contributed by atoms with E-state index in [1.807, 2.05) is 6.08 Å². The van der Waals surface area contributed by atoms with Crippen LogP contribution in [0.3, 0.4) is 0 Å². The number of hydrogen-bond donors (Lipinski definition) is 2. The van der Waals surface area contributed by atoms with Crippen LogP contribution in [0.4, 0.5) is 0 Å². The number of epoxide rings is 1. The second-order valence-corrected chi connectivity index (χ2v) is 15.8. The molecule has 9 nitrogen and oxygen atoms in total. The van der Waals surface area contributed by atoms with Crippen molar-refractivity contribution >= 4 is 13.8 Å². The van der Waals surface area contributed by atoms with Crippen LogP contribution in [-0.2, 0) is 32.6 Å². The Bertz CT molecular complexity index is 1020. The molecule has 4 atom stereocenters. The molecule has 308 valence electrons. The average Bonchev–Trinajstić information content (AvgIpc) is 3.90. The Kier molecular flexibility index (Phi) is 33.4. The lowest BCUT2D eigenvalue weighted by molar-refractivity contribution is -0.153. The maximum absolute atomic E-state index is 12.6. The van der Waals surface area contributed by atoms with Gasteiger partial charge in [0.05, 0.1) is 31.7 Å². The molecule has 0 aromatic carbocycles. The fourth-order valence-corrected chi connectivity index (χ4v) is 6.70. The average molecular weight is 768 g/mol. The first-order valence-electron chi connectivity index (χ1n) is 21.3. The minimum Gasteiger partial charge on any atom is -0.498 e. The number of ether oxygens (including phenoxy) is 3. The number of rotatable bonds is 39. The SMILES string of the molecule is CCCCC/C=C\CC1OC1C/C=C\C/C=C\CCCC(=O)OC(CO/C=C\CCCCCCCCCCCCCCCC)COP(=O)(O)OCCN. The van der Waals surface area contributed by atoms with E-state index in [-0.39, 0.29) is 32.8 Å². The third kappa shape index (κ3) is 33.3. The topological polar surface area (TPSA) is 130 Å². The van der Waals surface area contributed by atoms with Crippen LogP contribution >= 0.6 is 7.82 Å². The molecule has 1 saturated heterocycles. The maximum atomic E-state index is 12.6. The fraction of sp³-hybridized carbons (Fsp3) is 0.791. The summed E-state index contributed by atoms with van der Waals surface area (Å²) in [6, 6.07) is 0. The molecule has 0 aromatic heterocycles. The molecule has 3 N–H and O–H groups in total. The van der Waals surface area contributed by atoms with Crippen LogP contribution < -0.4 is 5.73 Å². The van der Waals surface area contributed by atoms with E-state index < -0.39 is 19.9 Å². The molecule has 4 unspecified atom stereocenters. The van der Waals surface area contributed by atoms with Gasteiger partial charge in [-0.3, -0.25) is 13.8 Å². The van der Waals surface area contributed by atoms with E-state index >= 15 is 0 Å². The van der Waals surface area contributed by atoms with Gasteiger partial charge in [-0.2, -0.15) is 0 Å². The number of unbranched alkanes of at least 4 members (excludes halogenated alkanes) is 18. The number of esters is 1. The van der Waals surface area contributed by atoms with Crippen LogP contribution in [0.1, 0.15) is 174 Å². The summed E-state index contributed by atoms with van der Waals surface area (Å²) < 4.78 is 38.9. The summed E-state index contributed by atoms with van der Waals surface area (Å²) in [6.07, 6.45) is 45.4. The summed E-state index contributed by atoms with van der Waals surface area (Å²) in [7, 11) is -4.31. The van der Waals surface area contributed by atoms with Crippen LogP contribution in [0.2, 0.25) is 0 Å². The quantitative estimate of drug-likeness (QED) is 0.0157. The number of carbonyl (C=O) groups excluding carboxylic acids is 1. The first-order valence-corrected chi connectivity index (χ1v) is 22.8. The summed E-state index contributed by atoms with van der Waals surface area (Å²) in [5.41, 5.74) is 5.36. The van der Waals surface area contributed by atoms with Gasteiger partial charge in [0.2, 0.25) is 0 Å². The third-order valence-electron chi connectivity index (χ3n) is 9.22. The molecule has 1 rings (SSSR count). The lowest BCUT2D eigenvalue weighted by atomic mass is 10.0. The highest BCUT2D eigenvalue weighted by Gasteiger charge is 2.36. The molecule has 0 amide bonds. The second-order valence-electron chi connectivity index (χ2n) is 14.3. The Morgan fingerprint density at radius 2 is 1.19 bits per heavy atom. The highest BCUT2D eigenvalue weighted by atomic mass is 31.2. The summed E-state index contributed by atoms with van der Waals surface area (Å²) in [4.78, 5) is 22.4. The molecule has 0 aliphatic carbocycles. The van der Waals surface area contributed by atoms with Gasteiger partial charge < -0.3 is 24.8 Å². The van der Waals surface area contributed by atoms with Gasteiger partial charge in [-0.05, 0) is 63.9 Å². The van der Waals surface area contributed by atoms with E-state index in [0.717, 1.165) is 38.5 Å². The van der Waals surface area contributed by atoms with Gasteiger partial charge in [0.1, 0.15) is 6.61 Å². The normalized spacial score (nSPS) is 17.7. The first kappa shape index (κ1) is 49.3. The van der Waals surface area contributed by atoms with E-state index in [2.05, 4.69) is 50.3 Å². The molecule has 1 aliphatic rings. The number of phosphoric ester groups is 1. The smallest absolute Gasteiger partial charge is 0.472 e. The zero-order valence-electron chi connectivity index (χ0n) is 33.7. The van der Waals surface area contributed by atoms with Crippen molar-refractivity contribution in [3.05, 3.63) is 48.8 Å². The Hall–Kier alpha value is -1.74. The molecule has 0 saturated carbocycles. The standard InChI is InChI=1S/C43H78NO8P/c1-3-5-7-9-11-12-13-14-15-16-17-18-19-23-27-31-36-48-38-40(39-50-53(46,47)49-37-35-44)51-43(45)34-30-26-22-20-21-25-29-33-42-41(52-42)32-28-24-10-8-6-4-2/h20,22,24-25,28-29,31,36,40-42H,3-19,21,23,26-27,30,32-35,37-39,44H2,1-2H3,(H,46,47)/b22-20-,28-24-,29-25-,36-31-. The minimum absolute atomic E-state index is 0.00645. The maximum Gasteiger partial charge on any atom is 0.472 e. The lowest BCUT2D eigenvalue weighted by Gasteiger charge is -2.19. The molecule has 53 heavy (non-hydrogen) atoms. The van der Waals surface area contributed by atoms with E-state index in [0.29, 0.717) is 18.6 Å². The fourth-order valence-electron chi connectivity index (χ4n) is 5.94. The van der Waals surface area contributed by atoms with E-state index in [1.54, 1.807) is 6.26 Å².